The summed E-state index contributed by atoms with van der Waals surface area (Å²) in [5.41, 5.74) is 2.57. The van der Waals surface area contributed by atoms with Gasteiger partial charge in [-0.25, -0.2) is 4.79 Å². The Morgan fingerprint density at radius 3 is 2.50 bits per heavy atom. The van der Waals surface area contributed by atoms with Gasteiger partial charge in [0.2, 0.25) is 0 Å². The average molecular weight is 412 g/mol. The van der Waals surface area contributed by atoms with Gasteiger partial charge >= 0.3 is 6.03 Å². The molecule has 2 aromatic rings. The maximum absolute atomic E-state index is 12.5. The van der Waals surface area contributed by atoms with Crippen LogP contribution in [0.5, 0.6) is 11.5 Å². The van der Waals surface area contributed by atoms with Crippen LogP contribution in [0.1, 0.15) is 30.1 Å². The Hall–Kier alpha value is -2.77. The number of rotatable bonds is 5. The number of urea groups is 1. The highest BCUT2D eigenvalue weighted by Crippen LogP contribution is 2.44. The van der Waals surface area contributed by atoms with E-state index in [4.69, 9.17) is 9.47 Å². The molecule has 0 radical (unpaired) electrons. The van der Waals surface area contributed by atoms with Crippen LogP contribution in [-0.2, 0) is 5.54 Å². The van der Waals surface area contributed by atoms with Gasteiger partial charge in [0.05, 0.1) is 25.9 Å². The van der Waals surface area contributed by atoms with Crippen molar-refractivity contribution in [3.63, 3.8) is 0 Å². The van der Waals surface area contributed by atoms with Crippen molar-refractivity contribution in [3.05, 3.63) is 53.6 Å². The normalized spacial score (nSPS) is 19.2. The molecular formula is C23H29N3O4. The molecule has 1 atom stereocenters. The second-order valence-electron chi connectivity index (χ2n) is 8.00. The second-order valence-corrected chi connectivity index (χ2v) is 8.00. The van der Waals surface area contributed by atoms with Crippen molar-refractivity contribution in [2.24, 2.45) is 0 Å². The molecule has 0 bridgehead atoms. The maximum Gasteiger partial charge on any atom is 0.322 e. The van der Waals surface area contributed by atoms with Gasteiger partial charge in [-0.05, 0) is 36.6 Å². The Balaban J connectivity index is 1.47. The number of ether oxygens (including phenoxy) is 2. The van der Waals surface area contributed by atoms with Gasteiger partial charge in [0.15, 0.2) is 11.5 Å². The van der Waals surface area contributed by atoms with Crippen molar-refractivity contribution < 1.29 is 19.4 Å². The molecule has 2 amide bonds. The van der Waals surface area contributed by atoms with Gasteiger partial charge in [0.25, 0.3) is 0 Å². The molecule has 2 aliphatic rings. The number of amides is 2. The fourth-order valence-electron chi connectivity index (χ4n) is 4.69. The van der Waals surface area contributed by atoms with E-state index in [2.05, 4.69) is 16.3 Å². The van der Waals surface area contributed by atoms with Gasteiger partial charge in [0.1, 0.15) is 0 Å². The van der Waals surface area contributed by atoms with Crippen molar-refractivity contribution in [3.8, 4) is 11.5 Å². The van der Waals surface area contributed by atoms with Gasteiger partial charge in [-0.1, -0.05) is 24.3 Å². The van der Waals surface area contributed by atoms with Crippen LogP contribution in [0.2, 0.25) is 0 Å². The third kappa shape index (κ3) is 3.48. The van der Waals surface area contributed by atoms with Crippen LogP contribution < -0.4 is 14.8 Å². The number of benzene rings is 2. The smallest absolute Gasteiger partial charge is 0.322 e. The van der Waals surface area contributed by atoms with E-state index in [0.29, 0.717) is 18.0 Å². The molecule has 30 heavy (non-hydrogen) atoms. The predicted molar refractivity (Wildman–Crippen MR) is 115 cm³/mol. The van der Waals surface area contributed by atoms with E-state index in [-0.39, 0.29) is 11.6 Å². The minimum absolute atomic E-state index is 0.0625. The number of hydrogen-bond donors (Lipinski definition) is 2. The molecule has 1 unspecified atom stereocenters. The Bertz CT molecular complexity index is 924. The number of fused-ring (bicyclic) bond motifs is 2. The topological polar surface area (TPSA) is 74.3 Å². The number of aliphatic hydroxyl groups is 1. The van der Waals surface area contributed by atoms with Gasteiger partial charge in [-0.3, -0.25) is 0 Å². The van der Waals surface area contributed by atoms with E-state index >= 15 is 0 Å². The summed E-state index contributed by atoms with van der Waals surface area (Å²) in [4.78, 5) is 16.6. The zero-order valence-corrected chi connectivity index (χ0v) is 17.7. The molecule has 160 valence electrons. The summed E-state index contributed by atoms with van der Waals surface area (Å²) in [6.45, 7) is 2.13. The zero-order valence-electron chi connectivity index (χ0n) is 17.7. The molecule has 2 aliphatic heterocycles. The summed E-state index contributed by atoms with van der Waals surface area (Å²) in [7, 11) is 5.06. The first-order valence-corrected chi connectivity index (χ1v) is 10.2. The molecule has 1 saturated heterocycles. The quantitative estimate of drug-likeness (QED) is 0.790. The van der Waals surface area contributed by atoms with Crippen LogP contribution in [0.25, 0.3) is 0 Å². The molecule has 2 heterocycles. The largest absolute Gasteiger partial charge is 0.493 e. The monoisotopic (exact) mass is 411 g/mol. The lowest BCUT2D eigenvalue weighted by molar-refractivity contribution is 0.0353. The Morgan fingerprint density at radius 2 is 1.80 bits per heavy atom. The molecule has 7 nitrogen and oxygen atoms in total. The number of nitrogens with zero attached hydrogens (tertiary/aromatic N) is 2. The average Bonchev–Trinajstić information content (AvgIpc) is 2.78. The van der Waals surface area contributed by atoms with Crippen molar-refractivity contribution >= 4 is 11.7 Å². The summed E-state index contributed by atoms with van der Waals surface area (Å²) >= 11 is 0. The van der Waals surface area contributed by atoms with E-state index in [1.165, 1.54) is 5.56 Å². The molecular weight excluding hydrogens is 382 g/mol. The number of anilines is 1. The molecule has 0 aromatic heterocycles. The highest BCUT2D eigenvalue weighted by Gasteiger charge is 2.46. The number of carbonyl (C=O) groups excluding carboxylic acids is 1. The minimum atomic E-state index is -0.626. The molecule has 0 saturated carbocycles. The highest BCUT2D eigenvalue weighted by atomic mass is 16.5. The first-order chi connectivity index (χ1) is 14.5. The number of piperidine rings is 1. The SMILES string of the molecule is COc1ccc(C(O)CN2CCC3(CC2)c2ccccc2NC(=O)N3C)cc1OC. The summed E-state index contributed by atoms with van der Waals surface area (Å²) in [6, 6.07) is 13.5. The molecule has 2 N–H and O–H groups in total. The lowest BCUT2D eigenvalue weighted by atomic mass is 9.77. The number of nitrogens with one attached hydrogen (secondary N) is 1. The summed E-state index contributed by atoms with van der Waals surface area (Å²) in [6.07, 6.45) is 1.03. The standard InChI is InChI=1S/C23H29N3O4/c1-25-22(28)24-18-7-5-4-6-17(18)23(25)10-12-26(13-11-23)15-19(27)16-8-9-20(29-2)21(14-16)30-3/h4-9,14,19,27H,10-13,15H2,1-3H3,(H,24,28). The number of para-hydroxylation sites is 1. The maximum atomic E-state index is 12.5. The fourth-order valence-corrected chi connectivity index (χ4v) is 4.69. The van der Waals surface area contributed by atoms with Crippen LogP contribution in [0.3, 0.4) is 0 Å². The predicted octanol–water partition coefficient (Wildman–Crippen LogP) is 3.21. The second kappa shape index (κ2) is 8.16. The third-order valence-electron chi connectivity index (χ3n) is 6.52. The zero-order chi connectivity index (χ0) is 21.3. The van der Waals surface area contributed by atoms with Crippen molar-refractivity contribution in [2.75, 3.05) is 46.2 Å². The minimum Gasteiger partial charge on any atom is -0.493 e. The summed E-state index contributed by atoms with van der Waals surface area (Å²) in [5.74, 6) is 1.25. The molecule has 2 aromatic carbocycles. The molecule has 1 fully saturated rings. The van der Waals surface area contributed by atoms with Crippen LogP contribution in [0.15, 0.2) is 42.5 Å². The Kier molecular flexibility index (Phi) is 5.58. The van der Waals surface area contributed by atoms with Crippen molar-refractivity contribution in [1.82, 2.24) is 9.80 Å². The molecule has 7 heteroatoms. The van der Waals surface area contributed by atoms with E-state index in [0.717, 1.165) is 37.2 Å². The van der Waals surface area contributed by atoms with E-state index in [1.807, 2.05) is 48.3 Å². The van der Waals surface area contributed by atoms with Crippen molar-refractivity contribution in [1.29, 1.82) is 0 Å². The van der Waals surface area contributed by atoms with Crippen LogP contribution in [0.4, 0.5) is 10.5 Å². The summed E-state index contributed by atoms with van der Waals surface area (Å²) in [5, 5.41) is 13.8. The van der Waals surface area contributed by atoms with Gasteiger partial charge in [0, 0.05) is 37.9 Å². The van der Waals surface area contributed by atoms with E-state index in [9.17, 15) is 9.90 Å². The number of carbonyl (C=O) groups is 1. The molecule has 4 rings (SSSR count). The molecule has 1 spiro atoms. The number of aliphatic hydroxyl groups excluding tert-OH is 1. The molecule has 0 aliphatic carbocycles. The van der Waals surface area contributed by atoms with Crippen molar-refractivity contribution in [2.45, 2.75) is 24.5 Å². The van der Waals surface area contributed by atoms with Gasteiger partial charge < -0.3 is 29.7 Å². The lowest BCUT2D eigenvalue weighted by Crippen LogP contribution is -2.57. The van der Waals surface area contributed by atoms with Crippen LogP contribution in [-0.4, -0.2) is 61.8 Å². The fraction of sp³-hybridized carbons (Fsp3) is 0.435. The Morgan fingerprint density at radius 1 is 1.10 bits per heavy atom. The number of methoxy groups -OCH3 is 2. The van der Waals surface area contributed by atoms with Crippen LogP contribution >= 0.6 is 0 Å². The number of β-amino-alcohol motifs (C(OH)–C–C–N with tert-alkyl or cyclic N) is 1. The first kappa shape index (κ1) is 20.5. The number of likely N-dealkylation sites (tertiary alicyclic amines) is 1. The summed E-state index contributed by atoms with van der Waals surface area (Å²) < 4.78 is 10.6. The van der Waals surface area contributed by atoms with Gasteiger partial charge in [-0.2, -0.15) is 0 Å². The Labute approximate surface area is 177 Å². The first-order valence-electron chi connectivity index (χ1n) is 10.2. The van der Waals surface area contributed by atoms with Crippen LogP contribution in [0, 0.1) is 0 Å². The van der Waals surface area contributed by atoms with Gasteiger partial charge in [-0.15, -0.1) is 0 Å². The highest BCUT2D eigenvalue weighted by molar-refractivity contribution is 5.93. The number of hydrogen-bond acceptors (Lipinski definition) is 5. The van der Waals surface area contributed by atoms with E-state index in [1.54, 1.807) is 14.2 Å². The van der Waals surface area contributed by atoms with E-state index < -0.39 is 6.10 Å². The third-order valence-corrected chi connectivity index (χ3v) is 6.52. The lowest BCUT2D eigenvalue weighted by Gasteiger charge is -2.50.